The van der Waals surface area contributed by atoms with Crippen molar-refractivity contribution in [2.45, 2.75) is 18.6 Å². The molecule has 7 heteroatoms. The molecule has 18 heavy (non-hydrogen) atoms. The molecule has 0 bridgehead atoms. The van der Waals surface area contributed by atoms with Gasteiger partial charge in [-0.25, -0.2) is 13.6 Å². The Balaban J connectivity index is 2.39. The summed E-state index contributed by atoms with van der Waals surface area (Å²) in [4.78, 5) is 13.4. The topological polar surface area (TPSA) is 80.5 Å². The Morgan fingerprint density at radius 1 is 1.44 bits per heavy atom. The van der Waals surface area contributed by atoms with Gasteiger partial charge >= 0.3 is 0 Å². The average Bonchev–Trinajstić information content (AvgIpc) is 2.60. The minimum Gasteiger partial charge on any atom is -0.310 e. The van der Waals surface area contributed by atoms with Gasteiger partial charge in [-0.15, -0.1) is 0 Å². The van der Waals surface area contributed by atoms with E-state index in [1.165, 1.54) is 4.90 Å². The largest absolute Gasteiger partial charge is 0.310 e. The highest BCUT2D eigenvalue weighted by molar-refractivity contribution is 9.10. The highest BCUT2D eigenvalue weighted by Crippen LogP contribution is 2.33. The SMILES string of the molecule is Cc1cccc(Br)c1N1CC(S(N)(=O)=O)CC1=O. The number of anilines is 1. The molecule has 1 atom stereocenters. The van der Waals surface area contributed by atoms with E-state index >= 15 is 0 Å². The molecule has 0 aliphatic carbocycles. The molecule has 1 aromatic rings. The Kier molecular flexibility index (Phi) is 3.48. The number of primary sulfonamides is 1. The number of halogens is 1. The first-order valence-electron chi connectivity index (χ1n) is 5.38. The zero-order valence-electron chi connectivity index (χ0n) is 9.76. The number of benzene rings is 1. The molecule has 98 valence electrons. The summed E-state index contributed by atoms with van der Waals surface area (Å²) in [6.07, 6.45) is -0.0559. The predicted molar refractivity (Wildman–Crippen MR) is 72.7 cm³/mol. The molecule has 5 nitrogen and oxygen atoms in total. The third kappa shape index (κ3) is 2.43. The van der Waals surface area contributed by atoms with Crippen LogP contribution in [0, 0.1) is 6.92 Å². The van der Waals surface area contributed by atoms with E-state index in [0.717, 1.165) is 10.0 Å². The van der Waals surface area contributed by atoms with Crippen LogP contribution >= 0.6 is 15.9 Å². The Bertz CT molecular complexity index is 580. The third-order valence-electron chi connectivity index (χ3n) is 3.01. The molecule has 1 aliphatic heterocycles. The summed E-state index contributed by atoms with van der Waals surface area (Å²) in [6.45, 7) is 1.98. The molecule has 0 saturated carbocycles. The molecular formula is C11H13BrN2O3S. The molecular weight excluding hydrogens is 320 g/mol. The summed E-state index contributed by atoms with van der Waals surface area (Å²) in [5, 5.41) is 4.28. The fraction of sp³-hybridized carbons (Fsp3) is 0.364. The maximum atomic E-state index is 11.9. The van der Waals surface area contributed by atoms with Crippen molar-refractivity contribution in [3.05, 3.63) is 28.2 Å². The second-order valence-electron chi connectivity index (χ2n) is 4.32. The van der Waals surface area contributed by atoms with Crippen LogP contribution < -0.4 is 10.0 Å². The van der Waals surface area contributed by atoms with E-state index in [2.05, 4.69) is 15.9 Å². The number of rotatable bonds is 2. The van der Waals surface area contributed by atoms with E-state index in [9.17, 15) is 13.2 Å². The van der Waals surface area contributed by atoms with Gasteiger partial charge in [-0.2, -0.15) is 0 Å². The van der Waals surface area contributed by atoms with Crippen LogP contribution in [0.4, 0.5) is 5.69 Å². The van der Waals surface area contributed by atoms with Gasteiger partial charge in [-0.05, 0) is 34.5 Å². The van der Waals surface area contributed by atoms with Crippen LogP contribution in [0.1, 0.15) is 12.0 Å². The van der Waals surface area contributed by atoms with Crippen molar-refractivity contribution in [3.8, 4) is 0 Å². The second-order valence-corrected chi connectivity index (χ2v) is 7.02. The Hall–Kier alpha value is -0.920. The normalized spacial score (nSPS) is 20.5. The number of carbonyl (C=O) groups is 1. The first-order chi connectivity index (χ1) is 8.30. The van der Waals surface area contributed by atoms with Gasteiger partial charge in [0.15, 0.2) is 0 Å². The van der Waals surface area contributed by atoms with Crippen LogP contribution in [0.2, 0.25) is 0 Å². The fourth-order valence-electron chi connectivity index (χ4n) is 2.08. The minimum atomic E-state index is -3.68. The molecule has 0 spiro atoms. The van der Waals surface area contributed by atoms with E-state index in [1.54, 1.807) is 0 Å². The summed E-state index contributed by atoms with van der Waals surface area (Å²) in [6, 6.07) is 5.55. The smallest absolute Gasteiger partial charge is 0.228 e. The Morgan fingerprint density at radius 2 is 2.11 bits per heavy atom. The summed E-state index contributed by atoms with van der Waals surface area (Å²) in [5.41, 5.74) is 1.63. The lowest BCUT2D eigenvalue weighted by molar-refractivity contribution is -0.117. The van der Waals surface area contributed by atoms with Crippen LogP contribution in [0.5, 0.6) is 0 Å². The standard InChI is InChI=1S/C11H13BrN2O3S/c1-7-3-2-4-9(12)11(7)14-6-8(5-10(14)15)18(13,16)17/h2-4,8H,5-6H2,1H3,(H2,13,16,17). The lowest BCUT2D eigenvalue weighted by Gasteiger charge is -2.20. The molecule has 1 unspecified atom stereocenters. The van der Waals surface area contributed by atoms with Gasteiger partial charge in [-0.1, -0.05) is 12.1 Å². The molecule has 1 aliphatic rings. The molecule has 1 fully saturated rings. The lowest BCUT2D eigenvalue weighted by atomic mass is 10.2. The van der Waals surface area contributed by atoms with Gasteiger partial charge in [0.2, 0.25) is 15.9 Å². The highest BCUT2D eigenvalue weighted by atomic mass is 79.9. The fourth-order valence-corrected chi connectivity index (χ4v) is 3.49. The van der Waals surface area contributed by atoms with Crippen molar-refractivity contribution in [1.82, 2.24) is 0 Å². The van der Waals surface area contributed by atoms with Gasteiger partial charge in [0.1, 0.15) is 5.25 Å². The number of sulfonamides is 1. The van der Waals surface area contributed by atoms with Crippen LogP contribution in [0.25, 0.3) is 0 Å². The lowest BCUT2D eigenvalue weighted by Crippen LogP contribution is -2.32. The molecule has 0 aromatic heterocycles. The summed E-state index contributed by atoms with van der Waals surface area (Å²) in [5.74, 6) is -0.218. The molecule has 1 aromatic carbocycles. The van der Waals surface area contributed by atoms with Crippen molar-refractivity contribution in [3.63, 3.8) is 0 Å². The van der Waals surface area contributed by atoms with Crippen LogP contribution in [-0.2, 0) is 14.8 Å². The van der Waals surface area contributed by atoms with E-state index < -0.39 is 15.3 Å². The molecule has 0 radical (unpaired) electrons. The van der Waals surface area contributed by atoms with Gasteiger partial charge in [0.05, 0.1) is 5.69 Å². The maximum absolute atomic E-state index is 11.9. The number of hydrogen-bond acceptors (Lipinski definition) is 3. The molecule has 1 saturated heterocycles. The first-order valence-corrected chi connectivity index (χ1v) is 7.78. The van der Waals surface area contributed by atoms with Gasteiger partial charge in [0.25, 0.3) is 0 Å². The molecule has 1 heterocycles. The van der Waals surface area contributed by atoms with Gasteiger partial charge < -0.3 is 4.90 Å². The summed E-state index contributed by atoms with van der Waals surface area (Å²) < 4.78 is 23.4. The third-order valence-corrected chi connectivity index (χ3v) is 4.90. The number of aryl methyl sites for hydroxylation is 1. The average molecular weight is 333 g/mol. The van der Waals surface area contributed by atoms with E-state index in [4.69, 9.17) is 5.14 Å². The molecule has 2 rings (SSSR count). The second kappa shape index (κ2) is 4.64. The minimum absolute atomic E-state index is 0.0559. The quantitative estimate of drug-likeness (QED) is 0.882. The van der Waals surface area contributed by atoms with Crippen LogP contribution in [-0.4, -0.2) is 26.1 Å². The van der Waals surface area contributed by atoms with Crippen molar-refractivity contribution in [1.29, 1.82) is 0 Å². The highest BCUT2D eigenvalue weighted by Gasteiger charge is 2.38. The Labute approximate surface area is 114 Å². The predicted octanol–water partition coefficient (Wildman–Crippen LogP) is 1.15. The number of nitrogens with zero attached hydrogens (tertiary/aromatic N) is 1. The number of nitrogens with two attached hydrogens (primary N) is 1. The number of para-hydroxylation sites is 1. The van der Waals surface area contributed by atoms with Crippen molar-refractivity contribution < 1.29 is 13.2 Å². The molecule has 2 N–H and O–H groups in total. The number of hydrogen-bond donors (Lipinski definition) is 1. The summed E-state index contributed by atoms with van der Waals surface area (Å²) >= 11 is 3.38. The first kappa shape index (κ1) is 13.5. The van der Waals surface area contributed by atoms with Crippen molar-refractivity contribution in [2.24, 2.45) is 5.14 Å². The van der Waals surface area contributed by atoms with Gasteiger partial charge in [-0.3, -0.25) is 4.79 Å². The monoisotopic (exact) mass is 332 g/mol. The number of carbonyl (C=O) groups excluding carboxylic acids is 1. The van der Waals surface area contributed by atoms with Crippen LogP contribution in [0.15, 0.2) is 22.7 Å². The maximum Gasteiger partial charge on any atom is 0.228 e. The summed E-state index contributed by atoms with van der Waals surface area (Å²) in [7, 11) is -3.68. The van der Waals surface area contributed by atoms with E-state index in [-0.39, 0.29) is 18.9 Å². The Morgan fingerprint density at radius 3 is 2.61 bits per heavy atom. The van der Waals surface area contributed by atoms with Crippen LogP contribution in [0.3, 0.4) is 0 Å². The zero-order valence-corrected chi connectivity index (χ0v) is 12.2. The molecule has 1 amide bonds. The van der Waals surface area contributed by atoms with Crippen molar-refractivity contribution in [2.75, 3.05) is 11.4 Å². The number of amides is 1. The van der Waals surface area contributed by atoms with E-state index in [1.807, 2.05) is 25.1 Å². The van der Waals surface area contributed by atoms with Gasteiger partial charge in [0, 0.05) is 17.4 Å². The van der Waals surface area contributed by atoms with Crippen molar-refractivity contribution >= 4 is 37.5 Å². The zero-order chi connectivity index (χ0) is 13.5. The van der Waals surface area contributed by atoms with E-state index in [0.29, 0.717) is 5.69 Å².